The van der Waals surface area contributed by atoms with Crippen molar-refractivity contribution in [3.63, 3.8) is 0 Å². The second-order valence-electron chi connectivity index (χ2n) is 3.40. The number of nitrogens with zero attached hydrogens (tertiary/aromatic N) is 3. The lowest BCUT2D eigenvalue weighted by Gasteiger charge is -2.07. The number of aliphatic hydroxyl groups is 2. The quantitative estimate of drug-likeness (QED) is 0.623. The Hall–Kier alpha value is -1.64. The summed E-state index contributed by atoms with van der Waals surface area (Å²) in [6, 6.07) is 0. The van der Waals surface area contributed by atoms with E-state index in [4.69, 9.17) is 5.11 Å². The van der Waals surface area contributed by atoms with Crippen LogP contribution >= 0.6 is 11.3 Å². The van der Waals surface area contributed by atoms with Gasteiger partial charge in [0.05, 0.1) is 22.1 Å². The summed E-state index contributed by atoms with van der Waals surface area (Å²) < 4.78 is 0. The molecule has 2 aromatic heterocycles. The van der Waals surface area contributed by atoms with Gasteiger partial charge in [0.1, 0.15) is 22.6 Å². The Kier molecular flexibility index (Phi) is 3.01. The molecule has 1 atom stereocenters. The molecule has 7 nitrogen and oxygen atoms in total. The summed E-state index contributed by atoms with van der Waals surface area (Å²) in [7, 11) is 0. The van der Waals surface area contributed by atoms with E-state index in [-0.39, 0.29) is 16.8 Å². The summed E-state index contributed by atoms with van der Waals surface area (Å²) >= 11 is 1.28. The summed E-state index contributed by atoms with van der Waals surface area (Å²) in [4.78, 5) is 18.7. The molecule has 2 N–H and O–H groups in total. The van der Waals surface area contributed by atoms with Crippen molar-refractivity contribution in [2.24, 2.45) is 0 Å². The normalized spacial score (nSPS) is 12.9. The highest BCUT2D eigenvalue weighted by Crippen LogP contribution is 2.33. The molecular weight excluding hydrogens is 246 g/mol. The van der Waals surface area contributed by atoms with Crippen LogP contribution in [0.25, 0.3) is 10.3 Å². The van der Waals surface area contributed by atoms with Crippen LogP contribution < -0.4 is 0 Å². The zero-order valence-electron chi connectivity index (χ0n) is 8.82. The van der Waals surface area contributed by atoms with Crippen LogP contribution in [0, 0.1) is 17.0 Å². The highest BCUT2D eigenvalue weighted by atomic mass is 32.1. The molecule has 2 aromatic rings. The van der Waals surface area contributed by atoms with Gasteiger partial charge in [-0.15, -0.1) is 0 Å². The Morgan fingerprint density at radius 3 is 2.94 bits per heavy atom. The molecule has 90 valence electrons. The summed E-state index contributed by atoms with van der Waals surface area (Å²) in [5.74, 6) is 0. The second kappa shape index (κ2) is 4.32. The molecule has 0 saturated carbocycles. The monoisotopic (exact) mass is 255 g/mol. The molecule has 0 aliphatic heterocycles. The summed E-state index contributed by atoms with van der Waals surface area (Å²) in [5, 5.41) is 30.1. The average Bonchev–Trinajstić information content (AvgIpc) is 2.66. The van der Waals surface area contributed by atoms with E-state index >= 15 is 0 Å². The zero-order chi connectivity index (χ0) is 12.6. The number of aromatic nitrogens is 2. The number of aliphatic hydroxyl groups excluding tert-OH is 2. The molecule has 0 radical (unpaired) electrons. The molecule has 2 heterocycles. The average molecular weight is 255 g/mol. The van der Waals surface area contributed by atoms with Gasteiger partial charge in [0.15, 0.2) is 0 Å². The molecule has 8 heteroatoms. The summed E-state index contributed by atoms with van der Waals surface area (Å²) in [5.41, 5.74) is -0.0283. The van der Waals surface area contributed by atoms with Gasteiger partial charge in [-0.3, -0.25) is 10.1 Å². The lowest BCUT2D eigenvalue weighted by Crippen LogP contribution is -2.07. The Morgan fingerprint density at radius 1 is 1.65 bits per heavy atom. The molecule has 0 aliphatic carbocycles. The Morgan fingerprint density at radius 2 is 2.35 bits per heavy atom. The highest BCUT2D eigenvalue weighted by Gasteiger charge is 2.25. The van der Waals surface area contributed by atoms with Crippen LogP contribution in [0.15, 0.2) is 6.20 Å². The van der Waals surface area contributed by atoms with E-state index in [1.807, 2.05) is 0 Å². The first kappa shape index (κ1) is 11.8. The molecule has 2 rings (SSSR count). The molecule has 0 aliphatic rings. The van der Waals surface area contributed by atoms with Crippen LogP contribution in [0.2, 0.25) is 0 Å². The Balaban J connectivity index is 2.78. The zero-order valence-corrected chi connectivity index (χ0v) is 9.64. The maximum atomic E-state index is 10.8. The number of hydrogen-bond donors (Lipinski definition) is 2. The van der Waals surface area contributed by atoms with Gasteiger partial charge in [0.25, 0.3) is 5.69 Å². The predicted molar refractivity (Wildman–Crippen MR) is 60.9 cm³/mol. The molecule has 17 heavy (non-hydrogen) atoms. The number of hydrogen-bond acceptors (Lipinski definition) is 7. The third-order valence-electron chi connectivity index (χ3n) is 2.25. The number of thiazole rings is 1. The van der Waals surface area contributed by atoms with Crippen molar-refractivity contribution < 1.29 is 15.1 Å². The van der Waals surface area contributed by atoms with Crippen LogP contribution in [-0.2, 0) is 0 Å². The Bertz CT molecular complexity index is 583. The summed E-state index contributed by atoms with van der Waals surface area (Å²) in [6.07, 6.45) is -0.254. The van der Waals surface area contributed by atoms with Crippen LogP contribution in [-0.4, -0.2) is 31.7 Å². The maximum absolute atomic E-state index is 10.8. The summed E-state index contributed by atoms with van der Waals surface area (Å²) in [6.45, 7) is 1.14. The van der Waals surface area contributed by atoms with Crippen molar-refractivity contribution in [3.05, 3.63) is 26.9 Å². The van der Waals surface area contributed by atoms with Crippen molar-refractivity contribution in [3.8, 4) is 0 Å². The molecule has 0 aromatic carbocycles. The largest absolute Gasteiger partial charge is 0.393 e. The highest BCUT2D eigenvalue weighted by molar-refractivity contribution is 7.18. The van der Waals surface area contributed by atoms with Gasteiger partial charge < -0.3 is 10.2 Å². The van der Waals surface area contributed by atoms with Gasteiger partial charge in [-0.1, -0.05) is 11.3 Å². The van der Waals surface area contributed by atoms with E-state index in [1.54, 1.807) is 6.92 Å². The van der Waals surface area contributed by atoms with Crippen LogP contribution in [0.4, 0.5) is 5.69 Å². The van der Waals surface area contributed by atoms with Crippen LogP contribution in [0.5, 0.6) is 0 Å². The smallest absolute Gasteiger partial charge is 0.295 e. The van der Waals surface area contributed by atoms with Gasteiger partial charge in [0.2, 0.25) is 0 Å². The fourth-order valence-electron chi connectivity index (χ4n) is 1.56. The minimum Gasteiger partial charge on any atom is -0.393 e. The number of aryl methyl sites for hydroxylation is 1. The number of nitro groups is 1. The van der Waals surface area contributed by atoms with Crippen molar-refractivity contribution in [1.82, 2.24) is 9.97 Å². The van der Waals surface area contributed by atoms with Crippen molar-refractivity contribution in [2.45, 2.75) is 13.0 Å². The lowest BCUT2D eigenvalue weighted by molar-refractivity contribution is -0.386. The molecular formula is C9H9N3O4S. The second-order valence-corrected chi connectivity index (χ2v) is 4.58. The fourth-order valence-corrected chi connectivity index (χ4v) is 2.33. The van der Waals surface area contributed by atoms with E-state index in [1.165, 1.54) is 11.3 Å². The van der Waals surface area contributed by atoms with E-state index < -0.39 is 17.6 Å². The van der Waals surface area contributed by atoms with Crippen molar-refractivity contribution >= 4 is 27.4 Å². The van der Waals surface area contributed by atoms with Crippen molar-refractivity contribution in [1.29, 1.82) is 0 Å². The van der Waals surface area contributed by atoms with E-state index in [9.17, 15) is 15.2 Å². The first-order chi connectivity index (χ1) is 8.04. The van der Waals surface area contributed by atoms with Gasteiger partial charge in [-0.25, -0.2) is 9.97 Å². The number of rotatable bonds is 3. The molecule has 0 spiro atoms. The third-order valence-corrected chi connectivity index (χ3v) is 3.13. The Labute approximate surface area is 99.5 Å². The van der Waals surface area contributed by atoms with E-state index in [2.05, 4.69) is 9.97 Å². The molecule has 0 bridgehead atoms. The van der Waals surface area contributed by atoms with Crippen LogP contribution in [0.1, 0.15) is 16.7 Å². The fraction of sp³-hybridized carbons (Fsp3) is 0.333. The van der Waals surface area contributed by atoms with Gasteiger partial charge >= 0.3 is 0 Å². The van der Waals surface area contributed by atoms with Crippen molar-refractivity contribution in [2.75, 3.05) is 6.61 Å². The van der Waals surface area contributed by atoms with E-state index in [0.717, 1.165) is 6.20 Å². The van der Waals surface area contributed by atoms with Crippen LogP contribution in [0.3, 0.4) is 0 Å². The van der Waals surface area contributed by atoms with Gasteiger partial charge in [-0.2, -0.15) is 0 Å². The topological polar surface area (TPSA) is 109 Å². The standard InChI is InChI=1S/C9H9N3O4S/c1-4-11-8-7(6(14)3-13)5(12(15)16)2-10-9(8)17-4/h2,6,13-14H,3H2,1H3. The van der Waals surface area contributed by atoms with Gasteiger partial charge in [-0.05, 0) is 6.92 Å². The minimum atomic E-state index is -1.33. The SMILES string of the molecule is Cc1nc2c(C(O)CO)c([N+](=O)[O-])cnc2s1. The molecule has 0 fully saturated rings. The first-order valence-electron chi connectivity index (χ1n) is 4.74. The number of pyridine rings is 1. The number of fused-ring (bicyclic) bond motifs is 1. The molecule has 1 unspecified atom stereocenters. The van der Waals surface area contributed by atoms with Gasteiger partial charge in [0, 0.05) is 0 Å². The van der Waals surface area contributed by atoms with E-state index in [0.29, 0.717) is 9.84 Å². The lowest BCUT2D eigenvalue weighted by atomic mass is 10.1. The molecule has 0 saturated heterocycles. The third kappa shape index (κ3) is 1.97. The predicted octanol–water partition coefficient (Wildman–Crippen LogP) is 0.934. The maximum Gasteiger partial charge on any atom is 0.295 e. The molecule has 0 amide bonds. The minimum absolute atomic E-state index is 0.0202. The first-order valence-corrected chi connectivity index (χ1v) is 5.55.